The van der Waals surface area contributed by atoms with Gasteiger partial charge in [-0.3, -0.25) is 4.98 Å². The van der Waals surface area contributed by atoms with E-state index in [1.165, 1.54) is 11.1 Å². The van der Waals surface area contributed by atoms with Crippen LogP contribution in [0.4, 0.5) is 17.1 Å². The Labute approximate surface area is 160 Å². The van der Waals surface area contributed by atoms with Crippen molar-refractivity contribution >= 4 is 17.1 Å². The molecule has 27 heavy (non-hydrogen) atoms. The molecule has 0 amide bonds. The second-order valence-corrected chi connectivity index (χ2v) is 6.77. The molecule has 0 fully saturated rings. The van der Waals surface area contributed by atoms with Crippen molar-refractivity contribution < 1.29 is 0 Å². The van der Waals surface area contributed by atoms with E-state index in [9.17, 15) is 0 Å². The molecule has 0 bridgehead atoms. The van der Waals surface area contributed by atoms with Crippen molar-refractivity contribution in [2.75, 3.05) is 4.90 Å². The molecule has 0 aliphatic rings. The van der Waals surface area contributed by atoms with Crippen LogP contribution in [0.25, 0.3) is 11.3 Å². The molecule has 0 N–H and O–H groups in total. The maximum atomic E-state index is 4.45. The van der Waals surface area contributed by atoms with Crippen molar-refractivity contribution in [2.45, 2.75) is 13.8 Å². The van der Waals surface area contributed by atoms with Crippen LogP contribution in [0.15, 0.2) is 97.2 Å². The average molecular weight is 350 g/mol. The third kappa shape index (κ3) is 3.75. The largest absolute Gasteiger partial charge is 0.311 e. The Balaban J connectivity index is 1.76. The van der Waals surface area contributed by atoms with E-state index < -0.39 is 0 Å². The van der Waals surface area contributed by atoms with Gasteiger partial charge in [-0.1, -0.05) is 53.6 Å². The van der Waals surface area contributed by atoms with E-state index in [2.05, 4.69) is 96.5 Å². The van der Waals surface area contributed by atoms with Crippen molar-refractivity contribution in [3.63, 3.8) is 0 Å². The predicted octanol–water partition coefficient (Wildman–Crippen LogP) is 6.84. The average Bonchev–Trinajstić information content (AvgIpc) is 2.72. The van der Waals surface area contributed by atoms with Crippen molar-refractivity contribution in [1.82, 2.24) is 4.98 Å². The first-order valence-electron chi connectivity index (χ1n) is 9.16. The van der Waals surface area contributed by atoms with Crippen LogP contribution in [0.1, 0.15) is 11.1 Å². The van der Waals surface area contributed by atoms with Gasteiger partial charge in [0.15, 0.2) is 0 Å². The molecule has 1 aromatic heterocycles. The third-order valence-corrected chi connectivity index (χ3v) is 4.67. The summed E-state index contributed by atoms with van der Waals surface area (Å²) in [7, 11) is 0. The summed E-state index contributed by atoms with van der Waals surface area (Å²) in [4.78, 5) is 6.72. The van der Waals surface area contributed by atoms with Crippen LogP contribution >= 0.6 is 0 Å². The number of aryl methyl sites for hydroxylation is 2. The maximum Gasteiger partial charge on any atom is 0.0701 e. The van der Waals surface area contributed by atoms with Gasteiger partial charge in [0, 0.05) is 28.8 Å². The van der Waals surface area contributed by atoms with Gasteiger partial charge in [-0.2, -0.15) is 0 Å². The lowest BCUT2D eigenvalue weighted by Crippen LogP contribution is -2.09. The van der Waals surface area contributed by atoms with E-state index in [1.807, 2.05) is 24.4 Å². The monoisotopic (exact) mass is 350 g/mol. The molecule has 2 heteroatoms. The van der Waals surface area contributed by atoms with Crippen LogP contribution in [0.5, 0.6) is 0 Å². The Morgan fingerprint density at radius 2 is 1.04 bits per heavy atom. The summed E-state index contributed by atoms with van der Waals surface area (Å²) in [6.45, 7) is 4.23. The standard InChI is InChI=1S/C25H22N2/c1-19-6-12-22(13-7-19)27(23-14-8-20(2)9-15-23)24-16-10-21(11-17-24)25-5-3-4-18-26-25/h3-18H,1-2H3. The van der Waals surface area contributed by atoms with Crippen LogP contribution in [0, 0.1) is 13.8 Å². The molecule has 2 nitrogen and oxygen atoms in total. The molecule has 132 valence electrons. The summed E-state index contributed by atoms with van der Waals surface area (Å²) in [5, 5.41) is 0. The highest BCUT2D eigenvalue weighted by Crippen LogP contribution is 2.35. The Kier molecular flexibility index (Phi) is 4.71. The fraction of sp³-hybridized carbons (Fsp3) is 0.0800. The maximum absolute atomic E-state index is 4.45. The van der Waals surface area contributed by atoms with Gasteiger partial charge >= 0.3 is 0 Å². The van der Waals surface area contributed by atoms with Crippen LogP contribution < -0.4 is 4.90 Å². The summed E-state index contributed by atoms with van der Waals surface area (Å²) in [6.07, 6.45) is 1.83. The minimum Gasteiger partial charge on any atom is -0.311 e. The van der Waals surface area contributed by atoms with E-state index in [1.54, 1.807) is 0 Å². The molecule has 0 saturated carbocycles. The fourth-order valence-corrected chi connectivity index (χ4v) is 3.15. The lowest BCUT2D eigenvalue weighted by Gasteiger charge is -2.26. The zero-order valence-corrected chi connectivity index (χ0v) is 15.6. The highest BCUT2D eigenvalue weighted by Gasteiger charge is 2.12. The van der Waals surface area contributed by atoms with Crippen molar-refractivity contribution in [3.05, 3.63) is 108 Å². The molecule has 1 heterocycles. The van der Waals surface area contributed by atoms with Gasteiger partial charge in [-0.25, -0.2) is 0 Å². The van der Waals surface area contributed by atoms with E-state index in [0.717, 1.165) is 28.3 Å². The Bertz CT molecular complexity index is 957. The predicted molar refractivity (Wildman–Crippen MR) is 114 cm³/mol. The first-order chi connectivity index (χ1) is 13.2. The van der Waals surface area contributed by atoms with Gasteiger partial charge in [0.05, 0.1) is 5.69 Å². The number of hydrogen-bond acceptors (Lipinski definition) is 2. The molecule has 0 unspecified atom stereocenters. The summed E-state index contributed by atoms with van der Waals surface area (Å²) in [6, 6.07) is 31.8. The van der Waals surface area contributed by atoms with E-state index >= 15 is 0 Å². The topological polar surface area (TPSA) is 16.1 Å². The smallest absolute Gasteiger partial charge is 0.0701 e. The summed E-state index contributed by atoms with van der Waals surface area (Å²) >= 11 is 0. The second kappa shape index (κ2) is 7.46. The molecule has 4 aromatic rings. The molecule has 0 radical (unpaired) electrons. The fourth-order valence-electron chi connectivity index (χ4n) is 3.15. The van der Waals surface area contributed by atoms with Gasteiger partial charge in [-0.05, 0) is 62.4 Å². The molecule has 0 spiro atoms. The number of rotatable bonds is 4. The second-order valence-electron chi connectivity index (χ2n) is 6.77. The number of aromatic nitrogens is 1. The van der Waals surface area contributed by atoms with E-state index in [-0.39, 0.29) is 0 Å². The number of hydrogen-bond donors (Lipinski definition) is 0. The van der Waals surface area contributed by atoms with Gasteiger partial charge in [0.25, 0.3) is 0 Å². The van der Waals surface area contributed by atoms with Gasteiger partial charge < -0.3 is 4.90 Å². The van der Waals surface area contributed by atoms with Crippen molar-refractivity contribution in [2.24, 2.45) is 0 Å². The van der Waals surface area contributed by atoms with Crippen LogP contribution in [0.2, 0.25) is 0 Å². The summed E-state index contributed by atoms with van der Waals surface area (Å²) < 4.78 is 0. The quantitative estimate of drug-likeness (QED) is 0.401. The summed E-state index contributed by atoms with van der Waals surface area (Å²) in [5.74, 6) is 0. The number of pyridine rings is 1. The van der Waals surface area contributed by atoms with Gasteiger partial charge in [0.2, 0.25) is 0 Å². The minimum atomic E-state index is 0.987. The third-order valence-electron chi connectivity index (χ3n) is 4.67. The molecule has 4 rings (SSSR count). The first kappa shape index (κ1) is 17.0. The normalized spacial score (nSPS) is 10.6. The Morgan fingerprint density at radius 1 is 0.556 bits per heavy atom. The van der Waals surface area contributed by atoms with Crippen LogP contribution in [-0.2, 0) is 0 Å². The van der Waals surface area contributed by atoms with E-state index in [0.29, 0.717) is 0 Å². The number of nitrogens with zero attached hydrogens (tertiary/aromatic N) is 2. The molecule has 0 aliphatic carbocycles. The SMILES string of the molecule is Cc1ccc(N(c2ccc(C)cc2)c2ccc(-c3ccccn3)cc2)cc1. The molecular weight excluding hydrogens is 328 g/mol. The first-order valence-corrected chi connectivity index (χ1v) is 9.16. The van der Waals surface area contributed by atoms with Crippen LogP contribution in [0.3, 0.4) is 0 Å². The van der Waals surface area contributed by atoms with Crippen molar-refractivity contribution in [1.29, 1.82) is 0 Å². The highest BCUT2D eigenvalue weighted by molar-refractivity contribution is 5.78. The summed E-state index contributed by atoms with van der Waals surface area (Å²) in [5.41, 5.74) is 8.04. The molecule has 0 saturated heterocycles. The number of anilines is 3. The highest BCUT2D eigenvalue weighted by atomic mass is 15.1. The Morgan fingerprint density at radius 3 is 1.48 bits per heavy atom. The zero-order chi connectivity index (χ0) is 18.6. The zero-order valence-electron chi connectivity index (χ0n) is 15.6. The molecule has 0 atom stereocenters. The van der Waals surface area contributed by atoms with Gasteiger partial charge in [0.1, 0.15) is 0 Å². The van der Waals surface area contributed by atoms with Gasteiger partial charge in [-0.15, -0.1) is 0 Å². The van der Waals surface area contributed by atoms with Crippen LogP contribution in [-0.4, -0.2) is 4.98 Å². The lowest BCUT2D eigenvalue weighted by atomic mass is 10.1. The lowest BCUT2D eigenvalue weighted by molar-refractivity contribution is 1.26. The molecular formula is C25H22N2. The Hall–Kier alpha value is -3.39. The minimum absolute atomic E-state index is 0.987. The molecule has 0 aliphatic heterocycles. The van der Waals surface area contributed by atoms with E-state index in [4.69, 9.17) is 0 Å². The molecule has 3 aromatic carbocycles. The number of benzene rings is 3. The van der Waals surface area contributed by atoms with Crippen molar-refractivity contribution in [3.8, 4) is 11.3 Å².